The van der Waals surface area contributed by atoms with Gasteiger partial charge in [0.15, 0.2) is 0 Å². The molecule has 7 heteroatoms. The Bertz CT molecular complexity index is 330. The lowest BCUT2D eigenvalue weighted by Crippen LogP contribution is -2.02. The van der Waals surface area contributed by atoms with E-state index in [0.717, 1.165) is 0 Å². The van der Waals surface area contributed by atoms with Gasteiger partial charge in [-0.2, -0.15) is 10.5 Å². The topological polar surface area (TPSA) is 109 Å². The summed E-state index contributed by atoms with van der Waals surface area (Å²) in [5, 5.41) is 16.4. The van der Waals surface area contributed by atoms with Crippen LogP contribution < -0.4 is 5.50 Å². The lowest BCUT2D eigenvalue weighted by atomic mass is 10.7. The van der Waals surface area contributed by atoms with E-state index in [0.29, 0.717) is 0 Å². The number of hydrogen-bond donors (Lipinski definition) is 1. The zero-order valence-corrected chi connectivity index (χ0v) is 7.45. The van der Waals surface area contributed by atoms with Gasteiger partial charge in [-0.15, -0.1) is 0 Å². The monoisotopic (exact) mass is 199 g/mol. The van der Waals surface area contributed by atoms with Crippen molar-refractivity contribution in [2.75, 3.05) is 0 Å². The first-order valence-corrected chi connectivity index (χ1v) is 4.48. The normalized spacial score (nSPS) is 9.15. The molecule has 0 rings (SSSR count). The number of rotatable bonds is 4. The van der Waals surface area contributed by atoms with Crippen LogP contribution in [0.25, 0.3) is 0 Å². The highest BCUT2D eigenvalue weighted by molar-refractivity contribution is 7.51. The molecule has 0 aliphatic carbocycles. The molecule has 0 saturated carbocycles. The highest BCUT2D eigenvalue weighted by Gasteiger charge is 2.22. The van der Waals surface area contributed by atoms with E-state index < -0.39 is 19.3 Å². The second kappa shape index (κ2) is 4.32. The van der Waals surface area contributed by atoms with Crippen molar-refractivity contribution in [2.45, 2.75) is 0 Å². The number of allylic oxidation sites excluding steroid dienone is 2. The molecule has 0 radical (unpaired) electrons. The van der Waals surface area contributed by atoms with Crippen molar-refractivity contribution in [2.24, 2.45) is 5.50 Å². The molecule has 0 aliphatic heterocycles. The first kappa shape index (κ1) is 11.2. The Kier molecular flexibility index (Phi) is 3.74. The van der Waals surface area contributed by atoms with Crippen molar-refractivity contribution >= 4 is 7.75 Å². The fourth-order valence-corrected chi connectivity index (χ4v) is 1.10. The summed E-state index contributed by atoms with van der Waals surface area (Å²) in [7, 11) is -3.98. The predicted molar refractivity (Wildman–Crippen MR) is 43.5 cm³/mol. The maximum atomic E-state index is 11.1. The van der Waals surface area contributed by atoms with Crippen molar-refractivity contribution in [3.05, 3.63) is 24.7 Å². The zero-order valence-electron chi connectivity index (χ0n) is 6.56. The second-order valence-electron chi connectivity index (χ2n) is 1.79. The van der Waals surface area contributed by atoms with E-state index in [4.69, 9.17) is 16.0 Å². The van der Waals surface area contributed by atoms with Gasteiger partial charge in [-0.1, -0.05) is 0 Å². The van der Waals surface area contributed by atoms with E-state index in [9.17, 15) is 4.57 Å². The summed E-state index contributed by atoms with van der Waals surface area (Å²) >= 11 is 0. The molecule has 0 aromatic rings. The van der Waals surface area contributed by atoms with Crippen LogP contribution in [0.15, 0.2) is 24.7 Å². The van der Waals surface area contributed by atoms with Crippen LogP contribution in [0.5, 0.6) is 0 Å². The molecule has 0 heterocycles. The summed E-state index contributed by atoms with van der Waals surface area (Å²) in [6.07, 6.45) is 0. The van der Waals surface area contributed by atoms with Gasteiger partial charge in [0.2, 0.25) is 11.5 Å². The number of hydrogen-bond acceptors (Lipinski definition) is 5. The van der Waals surface area contributed by atoms with Crippen molar-refractivity contribution in [3.63, 3.8) is 0 Å². The molecule has 68 valence electrons. The van der Waals surface area contributed by atoms with E-state index >= 15 is 0 Å². The van der Waals surface area contributed by atoms with Crippen LogP contribution in [0.3, 0.4) is 0 Å². The summed E-state index contributed by atoms with van der Waals surface area (Å²) in [4.78, 5) is 0. The Hall–Kier alpha value is -1.75. The zero-order chi connectivity index (χ0) is 10.5. The fourth-order valence-electron chi connectivity index (χ4n) is 0.367. The molecule has 0 spiro atoms. The molecule has 2 N–H and O–H groups in total. The summed E-state index contributed by atoms with van der Waals surface area (Å²) < 4.78 is 19.7. The van der Waals surface area contributed by atoms with Crippen molar-refractivity contribution in [3.8, 4) is 12.1 Å². The molecule has 0 aromatic carbocycles. The smallest absolute Gasteiger partial charge is 0.394 e. The van der Waals surface area contributed by atoms with Gasteiger partial charge in [-0.3, -0.25) is 0 Å². The standard InChI is InChI=1S/C6H6N3O3P/c1-5(3-7)11-13(9,10)12-6(2)4-8/h1-2H2,(H2,9,10). The molecule has 0 fully saturated rings. The second-order valence-corrected chi connectivity index (χ2v) is 3.24. The molecule has 0 atom stereocenters. The summed E-state index contributed by atoms with van der Waals surface area (Å²) in [5.74, 6) is -0.923. The minimum Gasteiger partial charge on any atom is -0.394 e. The number of nitriles is 2. The van der Waals surface area contributed by atoms with Crippen LogP contribution >= 0.6 is 7.75 Å². The quantitative estimate of drug-likeness (QED) is 0.413. The van der Waals surface area contributed by atoms with Gasteiger partial charge in [0, 0.05) is 0 Å². The minimum absolute atomic E-state index is 0.462. The van der Waals surface area contributed by atoms with Crippen LogP contribution in [0.1, 0.15) is 0 Å². The highest BCUT2D eigenvalue weighted by atomic mass is 31.2. The van der Waals surface area contributed by atoms with Gasteiger partial charge >= 0.3 is 7.75 Å². The maximum absolute atomic E-state index is 11.1. The maximum Gasteiger partial charge on any atom is 0.511 e. The van der Waals surface area contributed by atoms with Gasteiger partial charge in [-0.05, 0) is 13.2 Å². The van der Waals surface area contributed by atoms with Gasteiger partial charge in [0.25, 0.3) is 0 Å². The fraction of sp³-hybridized carbons (Fsp3) is 0. The first-order valence-electron chi connectivity index (χ1n) is 2.87. The van der Waals surface area contributed by atoms with E-state index in [2.05, 4.69) is 22.2 Å². The van der Waals surface area contributed by atoms with Crippen molar-refractivity contribution in [1.29, 1.82) is 10.5 Å². The summed E-state index contributed by atoms with van der Waals surface area (Å²) in [6, 6.07) is 2.90. The van der Waals surface area contributed by atoms with Crippen LogP contribution in [0.2, 0.25) is 0 Å². The third kappa shape index (κ3) is 4.65. The van der Waals surface area contributed by atoms with Gasteiger partial charge in [0.1, 0.15) is 12.1 Å². The van der Waals surface area contributed by atoms with Crippen molar-refractivity contribution in [1.82, 2.24) is 0 Å². The van der Waals surface area contributed by atoms with Gasteiger partial charge in [-0.25, -0.2) is 10.1 Å². The molecule has 0 aliphatic rings. The summed E-state index contributed by atoms with van der Waals surface area (Å²) in [6.45, 7) is 6.13. The molecule has 0 saturated heterocycles. The molecule has 0 bridgehead atoms. The first-order chi connectivity index (χ1) is 5.91. The molecular formula is C6H6N3O3P. The molecule has 0 amide bonds. The van der Waals surface area contributed by atoms with E-state index in [1.807, 2.05) is 0 Å². The molecule has 0 aromatic heterocycles. The minimum atomic E-state index is -3.98. The highest BCUT2D eigenvalue weighted by Crippen LogP contribution is 2.42. The SMILES string of the molecule is C=C(C#N)OP(N)(=O)OC(=C)C#N. The average molecular weight is 199 g/mol. The number of nitrogens with zero attached hydrogens (tertiary/aromatic N) is 2. The Morgan fingerprint density at radius 3 is 1.77 bits per heavy atom. The number of nitrogens with two attached hydrogens (primary N) is 1. The Labute approximate surface area is 75.1 Å². The van der Waals surface area contributed by atoms with E-state index in [1.165, 1.54) is 12.1 Å². The molecule has 0 unspecified atom stereocenters. The average Bonchev–Trinajstić information content (AvgIpc) is 2.02. The summed E-state index contributed by atoms with van der Waals surface area (Å²) in [5.41, 5.74) is 4.96. The molecular weight excluding hydrogens is 193 g/mol. The predicted octanol–water partition coefficient (Wildman–Crippen LogP) is 1.16. The van der Waals surface area contributed by atoms with Crippen molar-refractivity contribution < 1.29 is 13.6 Å². The van der Waals surface area contributed by atoms with Gasteiger partial charge < -0.3 is 9.05 Å². The lowest BCUT2D eigenvalue weighted by Gasteiger charge is -2.11. The lowest BCUT2D eigenvalue weighted by molar-refractivity contribution is 0.307. The van der Waals surface area contributed by atoms with E-state index in [-0.39, 0.29) is 0 Å². The Balaban J connectivity index is 4.37. The molecule has 6 nitrogen and oxygen atoms in total. The van der Waals surface area contributed by atoms with Gasteiger partial charge in [0.05, 0.1) is 0 Å². The largest absolute Gasteiger partial charge is 0.511 e. The van der Waals surface area contributed by atoms with E-state index in [1.54, 1.807) is 0 Å². The molecule has 13 heavy (non-hydrogen) atoms. The Morgan fingerprint density at radius 2 is 1.54 bits per heavy atom. The van der Waals surface area contributed by atoms with Crippen LogP contribution in [-0.4, -0.2) is 0 Å². The van der Waals surface area contributed by atoms with Crippen LogP contribution in [0.4, 0.5) is 0 Å². The van der Waals surface area contributed by atoms with Crippen LogP contribution in [-0.2, 0) is 13.6 Å². The third-order valence-corrected chi connectivity index (χ3v) is 1.67. The van der Waals surface area contributed by atoms with Crippen LogP contribution in [0, 0.1) is 22.7 Å². The Morgan fingerprint density at radius 1 is 1.23 bits per heavy atom. The third-order valence-electron chi connectivity index (χ3n) is 0.724.